The predicted molar refractivity (Wildman–Crippen MR) is 103 cm³/mol. The molecule has 142 valence electrons. The van der Waals surface area contributed by atoms with Crippen LogP contribution in [0.25, 0.3) is 0 Å². The van der Waals surface area contributed by atoms with Crippen LogP contribution in [0.2, 0.25) is 10.0 Å². The van der Waals surface area contributed by atoms with E-state index in [9.17, 15) is 4.79 Å². The minimum atomic E-state index is -0.207. The topological polar surface area (TPSA) is 74.0 Å². The van der Waals surface area contributed by atoms with Crippen molar-refractivity contribution in [3.05, 3.63) is 64.2 Å². The number of aromatic nitrogens is 4. The molecule has 1 aromatic carbocycles. The molecule has 27 heavy (non-hydrogen) atoms. The fourth-order valence-corrected chi connectivity index (χ4v) is 2.71. The van der Waals surface area contributed by atoms with Gasteiger partial charge in [-0.2, -0.15) is 10.2 Å². The van der Waals surface area contributed by atoms with Crippen molar-refractivity contribution in [2.24, 2.45) is 0 Å². The molecule has 0 bridgehead atoms. The lowest BCUT2D eigenvalue weighted by atomic mass is 10.3. The van der Waals surface area contributed by atoms with Crippen LogP contribution in [-0.2, 0) is 13.3 Å². The first-order valence-corrected chi connectivity index (χ1v) is 9.16. The van der Waals surface area contributed by atoms with Crippen molar-refractivity contribution in [3.8, 4) is 5.75 Å². The van der Waals surface area contributed by atoms with E-state index in [0.29, 0.717) is 34.6 Å². The number of ether oxygens (including phenoxy) is 1. The van der Waals surface area contributed by atoms with Gasteiger partial charge in [-0.25, -0.2) is 4.68 Å². The molecule has 3 aromatic rings. The predicted octanol–water partition coefficient (Wildman–Crippen LogP) is 3.55. The molecule has 0 saturated carbocycles. The maximum atomic E-state index is 12.4. The number of hydrogen-bond acceptors (Lipinski definition) is 4. The minimum absolute atomic E-state index is 0.127. The number of benzene rings is 1. The van der Waals surface area contributed by atoms with E-state index in [1.807, 2.05) is 6.92 Å². The maximum Gasteiger partial charge on any atom is 0.269 e. The highest BCUT2D eigenvalue weighted by molar-refractivity contribution is 6.31. The summed E-state index contributed by atoms with van der Waals surface area (Å²) in [5.74, 6) is 0.441. The molecule has 0 aliphatic carbocycles. The van der Waals surface area contributed by atoms with Crippen LogP contribution in [0.15, 0.2) is 42.7 Å². The number of rotatable bonds is 8. The van der Waals surface area contributed by atoms with Crippen LogP contribution in [0.4, 0.5) is 0 Å². The Balaban J connectivity index is 1.47. The standard InChI is InChI=1S/C18H19Cl2N5O2/c1-13-16(20)11-24(23-13)10-2-8-21-18(26)17-7-9-22-25(17)12-27-15-5-3-14(19)4-6-15/h3-7,9,11H,2,8,10,12H2,1H3,(H,21,26). The van der Waals surface area contributed by atoms with Gasteiger partial charge in [0.25, 0.3) is 5.91 Å². The fraction of sp³-hybridized carbons (Fsp3) is 0.278. The van der Waals surface area contributed by atoms with Crippen molar-refractivity contribution in [3.63, 3.8) is 0 Å². The first-order valence-electron chi connectivity index (χ1n) is 8.41. The molecule has 2 heterocycles. The molecule has 0 spiro atoms. The summed E-state index contributed by atoms with van der Waals surface area (Å²) in [6.07, 6.45) is 4.08. The van der Waals surface area contributed by atoms with E-state index < -0.39 is 0 Å². The summed E-state index contributed by atoms with van der Waals surface area (Å²) < 4.78 is 8.90. The Morgan fingerprint density at radius 3 is 2.70 bits per heavy atom. The molecule has 3 rings (SSSR count). The molecular weight excluding hydrogens is 389 g/mol. The molecule has 2 aromatic heterocycles. The fourth-order valence-electron chi connectivity index (χ4n) is 2.44. The number of amides is 1. The number of aryl methyl sites for hydroxylation is 2. The highest BCUT2D eigenvalue weighted by Gasteiger charge is 2.12. The molecule has 0 atom stereocenters. The number of nitrogens with one attached hydrogen (secondary N) is 1. The Labute approximate surface area is 166 Å². The lowest BCUT2D eigenvalue weighted by Crippen LogP contribution is -2.28. The number of nitrogens with zero attached hydrogens (tertiary/aromatic N) is 4. The monoisotopic (exact) mass is 407 g/mol. The van der Waals surface area contributed by atoms with Crippen LogP contribution >= 0.6 is 23.2 Å². The van der Waals surface area contributed by atoms with Gasteiger partial charge in [0, 0.05) is 30.5 Å². The summed E-state index contributed by atoms with van der Waals surface area (Å²) in [6.45, 7) is 3.17. The zero-order valence-electron chi connectivity index (χ0n) is 14.7. The van der Waals surface area contributed by atoms with Gasteiger partial charge in [-0.3, -0.25) is 9.48 Å². The minimum Gasteiger partial charge on any atom is -0.471 e. The number of carbonyl (C=O) groups is 1. The lowest BCUT2D eigenvalue weighted by Gasteiger charge is -2.10. The molecule has 0 radical (unpaired) electrons. The number of carbonyl (C=O) groups excluding carboxylic acids is 1. The second-order valence-corrected chi connectivity index (χ2v) is 6.72. The van der Waals surface area contributed by atoms with Crippen molar-refractivity contribution in [2.75, 3.05) is 6.54 Å². The van der Waals surface area contributed by atoms with Crippen LogP contribution in [0, 0.1) is 6.92 Å². The van der Waals surface area contributed by atoms with E-state index in [1.54, 1.807) is 47.4 Å². The van der Waals surface area contributed by atoms with E-state index >= 15 is 0 Å². The highest BCUT2D eigenvalue weighted by Crippen LogP contribution is 2.16. The van der Waals surface area contributed by atoms with Gasteiger partial charge >= 0.3 is 0 Å². The summed E-state index contributed by atoms with van der Waals surface area (Å²) in [7, 11) is 0. The average Bonchev–Trinajstić information content (AvgIpc) is 3.25. The Morgan fingerprint density at radius 1 is 1.22 bits per heavy atom. The SMILES string of the molecule is Cc1nn(CCCNC(=O)c2ccnn2COc2ccc(Cl)cc2)cc1Cl. The first-order chi connectivity index (χ1) is 13.0. The van der Waals surface area contributed by atoms with Crippen LogP contribution in [0.5, 0.6) is 5.75 Å². The molecule has 0 aliphatic rings. The molecule has 0 saturated heterocycles. The van der Waals surface area contributed by atoms with Crippen molar-refractivity contribution in [2.45, 2.75) is 26.6 Å². The normalized spacial score (nSPS) is 10.8. The zero-order chi connectivity index (χ0) is 19.2. The van der Waals surface area contributed by atoms with Crippen molar-refractivity contribution in [1.29, 1.82) is 0 Å². The second-order valence-electron chi connectivity index (χ2n) is 5.88. The van der Waals surface area contributed by atoms with E-state index in [-0.39, 0.29) is 12.6 Å². The van der Waals surface area contributed by atoms with Gasteiger partial charge in [0.05, 0.1) is 10.7 Å². The number of halogens is 2. The van der Waals surface area contributed by atoms with Gasteiger partial charge in [-0.05, 0) is 43.7 Å². The molecule has 9 heteroatoms. The Bertz CT molecular complexity index is 885. The largest absolute Gasteiger partial charge is 0.471 e. The van der Waals surface area contributed by atoms with Gasteiger partial charge in [0.2, 0.25) is 0 Å². The van der Waals surface area contributed by atoms with E-state index in [4.69, 9.17) is 27.9 Å². The molecule has 0 aliphatic heterocycles. The molecule has 1 amide bonds. The summed E-state index contributed by atoms with van der Waals surface area (Å²) in [5.41, 5.74) is 1.23. The van der Waals surface area contributed by atoms with Crippen molar-refractivity contribution >= 4 is 29.1 Å². The lowest BCUT2D eigenvalue weighted by molar-refractivity contribution is 0.0931. The highest BCUT2D eigenvalue weighted by atomic mass is 35.5. The van der Waals surface area contributed by atoms with Gasteiger partial charge in [0.15, 0.2) is 6.73 Å². The van der Waals surface area contributed by atoms with Crippen molar-refractivity contribution in [1.82, 2.24) is 24.9 Å². The smallest absolute Gasteiger partial charge is 0.269 e. The Hall–Kier alpha value is -2.51. The number of hydrogen-bond donors (Lipinski definition) is 1. The van der Waals surface area contributed by atoms with E-state index in [2.05, 4.69) is 15.5 Å². The van der Waals surface area contributed by atoms with E-state index in [1.165, 1.54) is 4.68 Å². The van der Waals surface area contributed by atoms with Gasteiger partial charge in [-0.15, -0.1) is 0 Å². The summed E-state index contributed by atoms with van der Waals surface area (Å²) in [6, 6.07) is 8.64. The van der Waals surface area contributed by atoms with Crippen LogP contribution in [0.3, 0.4) is 0 Å². The third kappa shape index (κ3) is 5.24. The van der Waals surface area contributed by atoms with Crippen molar-refractivity contribution < 1.29 is 9.53 Å². The molecule has 0 fully saturated rings. The van der Waals surface area contributed by atoms with Gasteiger partial charge in [0.1, 0.15) is 11.4 Å². The second kappa shape index (κ2) is 8.92. The van der Waals surface area contributed by atoms with Crippen LogP contribution in [-0.4, -0.2) is 32.0 Å². The first kappa shape index (κ1) is 19.3. The van der Waals surface area contributed by atoms with Crippen LogP contribution < -0.4 is 10.1 Å². The zero-order valence-corrected chi connectivity index (χ0v) is 16.2. The summed E-state index contributed by atoms with van der Waals surface area (Å²) in [5, 5.41) is 12.6. The Morgan fingerprint density at radius 2 is 2.00 bits per heavy atom. The maximum absolute atomic E-state index is 12.4. The molecule has 1 N–H and O–H groups in total. The third-order valence-corrected chi connectivity index (χ3v) is 4.48. The summed E-state index contributed by atoms with van der Waals surface area (Å²) >= 11 is 11.8. The van der Waals surface area contributed by atoms with Gasteiger partial charge in [-0.1, -0.05) is 23.2 Å². The average molecular weight is 408 g/mol. The molecule has 7 nitrogen and oxygen atoms in total. The quantitative estimate of drug-likeness (QED) is 0.579. The van der Waals surface area contributed by atoms with Crippen LogP contribution in [0.1, 0.15) is 22.6 Å². The van der Waals surface area contributed by atoms with Gasteiger partial charge < -0.3 is 10.1 Å². The Kier molecular flexibility index (Phi) is 6.36. The summed E-state index contributed by atoms with van der Waals surface area (Å²) in [4.78, 5) is 12.4. The van der Waals surface area contributed by atoms with E-state index in [0.717, 1.165) is 12.1 Å². The molecular formula is C18H19Cl2N5O2. The molecule has 0 unspecified atom stereocenters. The third-order valence-electron chi connectivity index (χ3n) is 3.85.